The summed E-state index contributed by atoms with van der Waals surface area (Å²) in [6.07, 6.45) is 6.74. The predicted octanol–water partition coefficient (Wildman–Crippen LogP) is 2.81. The first-order chi connectivity index (χ1) is 7.96. The minimum Gasteiger partial charge on any atom is -0.389 e. The molecule has 0 aromatic carbocycles. The second-order valence-electron chi connectivity index (χ2n) is 7.16. The molecular weight excluding hydrogens is 210 g/mol. The lowest BCUT2D eigenvalue weighted by Gasteiger charge is -2.28. The summed E-state index contributed by atoms with van der Waals surface area (Å²) in [4.78, 5) is 0. The first-order valence-corrected chi connectivity index (χ1v) is 7.39. The van der Waals surface area contributed by atoms with Gasteiger partial charge in [-0.05, 0) is 62.8 Å². The van der Waals surface area contributed by atoms with Crippen molar-refractivity contribution in [1.29, 1.82) is 0 Å². The molecule has 0 aromatic rings. The molecule has 4 atom stereocenters. The Balaban J connectivity index is 1.66. The summed E-state index contributed by atoms with van der Waals surface area (Å²) in [5.74, 6) is 3.48. The van der Waals surface area contributed by atoms with Gasteiger partial charge in [-0.1, -0.05) is 20.3 Å². The van der Waals surface area contributed by atoms with Crippen LogP contribution in [0.5, 0.6) is 0 Å². The van der Waals surface area contributed by atoms with Crippen molar-refractivity contribution in [2.75, 3.05) is 13.1 Å². The largest absolute Gasteiger partial charge is 0.389 e. The fourth-order valence-corrected chi connectivity index (χ4v) is 4.10. The van der Waals surface area contributed by atoms with Gasteiger partial charge in [0.15, 0.2) is 0 Å². The van der Waals surface area contributed by atoms with E-state index < -0.39 is 5.60 Å². The van der Waals surface area contributed by atoms with Crippen molar-refractivity contribution in [2.24, 2.45) is 23.7 Å². The molecule has 2 N–H and O–H groups in total. The SMILES string of the molecule is CC(C)CC(C)(O)CNCC1CC2CCC1C2. The highest BCUT2D eigenvalue weighted by Crippen LogP contribution is 2.47. The Bertz CT molecular complexity index is 249. The molecule has 2 saturated carbocycles. The van der Waals surface area contributed by atoms with Gasteiger partial charge in [0.1, 0.15) is 0 Å². The molecule has 2 nitrogen and oxygen atoms in total. The Kier molecular flexibility index (Phi) is 4.14. The van der Waals surface area contributed by atoms with Crippen molar-refractivity contribution < 1.29 is 5.11 Å². The third kappa shape index (κ3) is 3.69. The minimum absolute atomic E-state index is 0.536. The number of aliphatic hydroxyl groups is 1. The molecule has 0 saturated heterocycles. The molecule has 2 bridgehead atoms. The van der Waals surface area contributed by atoms with Crippen LogP contribution in [0.15, 0.2) is 0 Å². The summed E-state index contributed by atoms with van der Waals surface area (Å²) in [6.45, 7) is 8.17. The van der Waals surface area contributed by atoms with E-state index in [1.165, 1.54) is 25.7 Å². The van der Waals surface area contributed by atoms with E-state index in [1.807, 2.05) is 6.92 Å². The fourth-order valence-electron chi connectivity index (χ4n) is 4.10. The maximum atomic E-state index is 10.2. The predicted molar refractivity (Wildman–Crippen MR) is 71.9 cm³/mol. The van der Waals surface area contributed by atoms with Gasteiger partial charge in [-0.25, -0.2) is 0 Å². The van der Waals surface area contributed by atoms with Crippen LogP contribution in [0, 0.1) is 23.7 Å². The zero-order valence-corrected chi connectivity index (χ0v) is 11.7. The van der Waals surface area contributed by atoms with Crippen LogP contribution in [-0.2, 0) is 0 Å². The van der Waals surface area contributed by atoms with Crippen molar-refractivity contribution in [3.63, 3.8) is 0 Å². The average Bonchev–Trinajstić information content (AvgIpc) is 2.76. The van der Waals surface area contributed by atoms with Crippen molar-refractivity contribution in [3.05, 3.63) is 0 Å². The highest BCUT2D eigenvalue weighted by atomic mass is 16.3. The first kappa shape index (κ1) is 13.4. The molecule has 2 aliphatic carbocycles. The molecule has 0 spiro atoms. The number of rotatable bonds is 6. The third-order valence-corrected chi connectivity index (χ3v) is 4.64. The van der Waals surface area contributed by atoms with Gasteiger partial charge in [-0.2, -0.15) is 0 Å². The summed E-state index contributed by atoms with van der Waals surface area (Å²) >= 11 is 0. The topological polar surface area (TPSA) is 32.3 Å². The van der Waals surface area contributed by atoms with Crippen LogP contribution in [0.4, 0.5) is 0 Å². The second kappa shape index (κ2) is 5.27. The zero-order valence-electron chi connectivity index (χ0n) is 11.7. The Labute approximate surface area is 106 Å². The molecule has 0 amide bonds. The van der Waals surface area contributed by atoms with E-state index in [0.717, 1.165) is 37.3 Å². The van der Waals surface area contributed by atoms with E-state index in [-0.39, 0.29) is 0 Å². The van der Waals surface area contributed by atoms with Crippen LogP contribution in [-0.4, -0.2) is 23.8 Å². The second-order valence-corrected chi connectivity index (χ2v) is 7.16. The Morgan fingerprint density at radius 3 is 2.59 bits per heavy atom. The molecule has 17 heavy (non-hydrogen) atoms. The Morgan fingerprint density at radius 1 is 1.29 bits per heavy atom. The fraction of sp³-hybridized carbons (Fsp3) is 1.00. The monoisotopic (exact) mass is 239 g/mol. The van der Waals surface area contributed by atoms with Crippen molar-refractivity contribution in [2.45, 2.75) is 58.5 Å². The molecule has 100 valence electrons. The Hall–Kier alpha value is -0.0800. The van der Waals surface area contributed by atoms with Gasteiger partial charge in [0, 0.05) is 6.54 Å². The smallest absolute Gasteiger partial charge is 0.0746 e. The van der Waals surface area contributed by atoms with Gasteiger partial charge in [0.25, 0.3) is 0 Å². The molecule has 2 fully saturated rings. The molecule has 0 aliphatic heterocycles. The van der Waals surface area contributed by atoms with Crippen molar-refractivity contribution in [3.8, 4) is 0 Å². The standard InChI is InChI=1S/C15H29NO/c1-11(2)8-15(3,17)10-16-9-14-7-12-4-5-13(14)6-12/h11-14,16-17H,4-10H2,1-3H3. The van der Waals surface area contributed by atoms with Crippen LogP contribution in [0.2, 0.25) is 0 Å². The quantitative estimate of drug-likeness (QED) is 0.747. The number of hydrogen-bond acceptors (Lipinski definition) is 2. The van der Waals surface area contributed by atoms with Crippen LogP contribution in [0.1, 0.15) is 52.9 Å². The highest BCUT2D eigenvalue weighted by Gasteiger charge is 2.39. The number of nitrogens with one attached hydrogen (secondary N) is 1. The maximum Gasteiger partial charge on any atom is 0.0746 e. The summed E-state index contributed by atoms with van der Waals surface area (Å²) < 4.78 is 0. The van der Waals surface area contributed by atoms with Crippen molar-refractivity contribution in [1.82, 2.24) is 5.32 Å². The van der Waals surface area contributed by atoms with Crippen LogP contribution >= 0.6 is 0 Å². The highest BCUT2D eigenvalue weighted by molar-refractivity contribution is 4.91. The zero-order chi connectivity index (χ0) is 12.5. The van der Waals surface area contributed by atoms with E-state index in [4.69, 9.17) is 0 Å². The van der Waals surface area contributed by atoms with E-state index in [9.17, 15) is 5.11 Å². The van der Waals surface area contributed by atoms with Gasteiger partial charge in [0.2, 0.25) is 0 Å². The number of fused-ring (bicyclic) bond motifs is 2. The first-order valence-electron chi connectivity index (χ1n) is 7.39. The third-order valence-electron chi connectivity index (χ3n) is 4.64. The lowest BCUT2D eigenvalue weighted by molar-refractivity contribution is 0.0372. The molecule has 0 aromatic heterocycles. The molecule has 2 aliphatic rings. The maximum absolute atomic E-state index is 10.2. The van der Waals surface area contributed by atoms with E-state index in [0.29, 0.717) is 5.92 Å². The van der Waals surface area contributed by atoms with E-state index >= 15 is 0 Å². The molecule has 4 unspecified atom stereocenters. The molecule has 0 radical (unpaired) electrons. The lowest BCUT2D eigenvalue weighted by Crippen LogP contribution is -2.41. The summed E-state index contributed by atoms with van der Waals surface area (Å²) in [5, 5.41) is 13.7. The van der Waals surface area contributed by atoms with Crippen LogP contribution in [0.25, 0.3) is 0 Å². The average molecular weight is 239 g/mol. The molecule has 0 heterocycles. The van der Waals surface area contributed by atoms with E-state index in [1.54, 1.807) is 0 Å². The Morgan fingerprint density at radius 2 is 2.06 bits per heavy atom. The van der Waals surface area contributed by atoms with Gasteiger partial charge in [-0.15, -0.1) is 0 Å². The summed E-state index contributed by atoms with van der Waals surface area (Å²) in [7, 11) is 0. The van der Waals surface area contributed by atoms with Gasteiger partial charge in [-0.3, -0.25) is 0 Å². The van der Waals surface area contributed by atoms with Gasteiger partial charge >= 0.3 is 0 Å². The lowest BCUT2D eigenvalue weighted by atomic mass is 9.88. The van der Waals surface area contributed by atoms with Gasteiger partial charge < -0.3 is 10.4 Å². The van der Waals surface area contributed by atoms with Crippen LogP contribution < -0.4 is 5.32 Å². The summed E-state index contributed by atoms with van der Waals surface area (Å²) in [6, 6.07) is 0. The summed E-state index contributed by atoms with van der Waals surface area (Å²) in [5.41, 5.74) is -0.536. The number of hydrogen-bond donors (Lipinski definition) is 2. The molecule has 2 rings (SSSR count). The molecule has 2 heteroatoms. The van der Waals surface area contributed by atoms with Crippen molar-refractivity contribution >= 4 is 0 Å². The molecular formula is C15H29NO. The van der Waals surface area contributed by atoms with Crippen LogP contribution in [0.3, 0.4) is 0 Å². The minimum atomic E-state index is -0.536. The van der Waals surface area contributed by atoms with Gasteiger partial charge in [0.05, 0.1) is 5.60 Å². The van der Waals surface area contributed by atoms with E-state index in [2.05, 4.69) is 19.2 Å². The normalized spacial score (nSPS) is 35.5.